The molecule has 1 fully saturated rings. The summed E-state index contributed by atoms with van der Waals surface area (Å²) in [6.45, 7) is 17.0. The van der Waals surface area contributed by atoms with Crippen LogP contribution in [0.3, 0.4) is 0 Å². The third-order valence-corrected chi connectivity index (χ3v) is 13.9. The summed E-state index contributed by atoms with van der Waals surface area (Å²) in [4.78, 5) is 33.4. The minimum atomic E-state index is 0.0418. The maximum absolute atomic E-state index is 13.0. The number of carbonyl (C=O) groups is 2. The van der Waals surface area contributed by atoms with Gasteiger partial charge in [0, 0.05) is 65.1 Å². The number of nitrogens with zero attached hydrogens (tertiary/aromatic N) is 3. The minimum Gasteiger partial charge on any atom is -0.497 e. The number of rotatable bonds is 46. The van der Waals surface area contributed by atoms with Gasteiger partial charge in [-0.2, -0.15) is 0 Å². The molecule has 1 aromatic carbocycles. The molecule has 0 bridgehead atoms. The van der Waals surface area contributed by atoms with Crippen LogP contribution in [-0.2, 0) is 20.9 Å². The molecule has 1 aliphatic rings. The van der Waals surface area contributed by atoms with E-state index in [1.54, 1.807) is 7.11 Å². The molecule has 0 N–H and O–H groups in total. The number of benzene rings is 1. The van der Waals surface area contributed by atoms with Crippen LogP contribution in [0.15, 0.2) is 24.3 Å². The van der Waals surface area contributed by atoms with Crippen molar-refractivity contribution in [1.29, 1.82) is 0 Å². The Morgan fingerprint density at radius 1 is 0.500 bits per heavy atom. The highest BCUT2D eigenvalue weighted by molar-refractivity contribution is 5.78. The van der Waals surface area contributed by atoms with Gasteiger partial charge in [-0.3, -0.25) is 19.4 Å². The zero-order chi connectivity index (χ0) is 46.0. The van der Waals surface area contributed by atoms with Crippen LogP contribution in [0, 0.1) is 0 Å². The van der Waals surface area contributed by atoms with Gasteiger partial charge in [0.2, 0.25) is 0 Å². The highest BCUT2D eigenvalue weighted by Gasteiger charge is 2.18. The van der Waals surface area contributed by atoms with Crippen LogP contribution >= 0.6 is 0 Å². The van der Waals surface area contributed by atoms with E-state index in [2.05, 4.69) is 59.7 Å². The van der Waals surface area contributed by atoms with Crippen LogP contribution in [0.1, 0.15) is 251 Å². The number of carbonyl (C=O) groups excluding carboxylic acids is 2. The lowest BCUT2D eigenvalue weighted by Crippen LogP contribution is -2.48. The number of methoxy groups -OCH3 is 1. The zero-order valence-corrected chi connectivity index (χ0v) is 43.0. The molecule has 1 aromatic rings. The van der Waals surface area contributed by atoms with E-state index in [-0.39, 0.29) is 12.1 Å². The second-order valence-electron chi connectivity index (χ2n) is 19.8. The molecule has 2 rings (SSSR count). The Balaban J connectivity index is 1.69. The summed E-state index contributed by atoms with van der Waals surface area (Å²) >= 11 is 0. The van der Waals surface area contributed by atoms with E-state index in [1.165, 1.54) is 186 Å². The third kappa shape index (κ3) is 33.5. The van der Waals surface area contributed by atoms with E-state index in [4.69, 9.17) is 9.47 Å². The number of hydrogen-bond donors (Lipinski definition) is 0. The molecule has 0 saturated carbocycles. The second-order valence-corrected chi connectivity index (χ2v) is 19.8. The Labute approximate surface area is 397 Å². The number of hydrogen-bond acceptors (Lipinski definition) is 7. The molecule has 7 nitrogen and oxygen atoms in total. The Bertz CT molecular complexity index is 1170. The molecular weight excluding hydrogens is 791 g/mol. The zero-order valence-electron chi connectivity index (χ0n) is 43.0. The van der Waals surface area contributed by atoms with Gasteiger partial charge in [-0.25, -0.2) is 0 Å². The lowest BCUT2D eigenvalue weighted by atomic mass is 10.0. The van der Waals surface area contributed by atoms with E-state index in [1.807, 2.05) is 0 Å². The molecule has 1 heterocycles. The monoisotopic (exact) mass is 896 g/mol. The van der Waals surface area contributed by atoms with Crippen molar-refractivity contribution in [3.8, 4) is 5.75 Å². The van der Waals surface area contributed by atoms with Crippen LogP contribution < -0.4 is 4.74 Å². The normalized spacial score (nSPS) is 13.7. The SMILES string of the molecule is CCCCCCCCCCC(=O)CCCCCCCN(CCCCCCCC(=O)OC(CCCCCCCC)CCCCCCCC)CCN1CCN(Cc2ccc(OC)cc2)CC1. The van der Waals surface area contributed by atoms with Gasteiger partial charge >= 0.3 is 5.97 Å². The first kappa shape index (κ1) is 58.2. The van der Waals surface area contributed by atoms with Crippen molar-refractivity contribution in [3.05, 3.63) is 29.8 Å². The number of unbranched alkanes of at least 4 members (excludes halogenated alkanes) is 25. The first-order valence-corrected chi connectivity index (χ1v) is 28.0. The fraction of sp³-hybridized carbons (Fsp3) is 0.860. The average Bonchev–Trinajstić information content (AvgIpc) is 3.30. The van der Waals surface area contributed by atoms with Crippen LogP contribution in [0.25, 0.3) is 0 Å². The molecular formula is C57H105N3O4. The Kier molecular flexibility index (Phi) is 38.5. The first-order chi connectivity index (χ1) is 31.5. The van der Waals surface area contributed by atoms with Crippen molar-refractivity contribution in [2.24, 2.45) is 0 Å². The summed E-state index contributed by atoms with van der Waals surface area (Å²) in [7, 11) is 1.73. The molecule has 1 saturated heterocycles. The minimum absolute atomic E-state index is 0.0418. The van der Waals surface area contributed by atoms with Crippen molar-refractivity contribution >= 4 is 11.8 Å². The Morgan fingerprint density at radius 3 is 1.38 bits per heavy atom. The number of piperazine rings is 1. The topological polar surface area (TPSA) is 62.3 Å². The van der Waals surface area contributed by atoms with Crippen molar-refractivity contribution < 1.29 is 19.1 Å². The fourth-order valence-electron chi connectivity index (χ4n) is 9.49. The van der Waals surface area contributed by atoms with Crippen molar-refractivity contribution in [2.45, 2.75) is 258 Å². The number of ether oxygens (including phenoxy) is 2. The molecule has 0 amide bonds. The second kappa shape index (κ2) is 42.4. The van der Waals surface area contributed by atoms with Gasteiger partial charge in [-0.15, -0.1) is 0 Å². The molecule has 0 atom stereocenters. The van der Waals surface area contributed by atoms with Gasteiger partial charge in [0.1, 0.15) is 17.6 Å². The van der Waals surface area contributed by atoms with Crippen LogP contribution in [0.5, 0.6) is 5.75 Å². The molecule has 64 heavy (non-hydrogen) atoms. The highest BCUT2D eigenvalue weighted by Crippen LogP contribution is 2.20. The van der Waals surface area contributed by atoms with E-state index in [9.17, 15) is 9.59 Å². The van der Waals surface area contributed by atoms with Gasteiger partial charge in [-0.1, -0.05) is 181 Å². The summed E-state index contributed by atoms with van der Waals surface area (Å²) in [5.41, 5.74) is 1.36. The van der Waals surface area contributed by atoms with Crippen LogP contribution in [0.2, 0.25) is 0 Å². The fourth-order valence-corrected chi connectivity index (χ4v) is 9.49. The van der Waals surface area contributed by atoms with Gasteiger partial charge in [0.05, 0.1) is 7.11 Å². The van der Waals surface area contributed by atoms with Crippen molar-refractivity contribution in [1.82, 2.24) is 14.7 Å². The maximum atomic E-state index is 13.0. The predicted octanol–water partition coefficient (Wildman–Crippen LogP) is 15.3. The van der Waals surface area contributed by atoms with E-state index in [0.29, 0.717) is 12.2 Å². The maximum Gasteiger partial charge on any atom is 0.306 e. The van der Waals surface area contributed by atoms with E-state index < -0.39 is 0 Å². The van der Waals surface area contributed by atoms with Crippen LogP contribution in [-0.4, -0.2) is 92.0 Å². The lowest BCUT2D eigenvalue weighted by Gasteiger charge is -2.36. The summed E-state index contributed by atoms with van der Waals surface area (Å²) in [6.07, 6.45) is 42.0. The largest absolute Gasteiger partial charge is 0.497 e. The molecule has 1 aliphatic heterocycles. The summed E-state index contributed by atoms with van der Waals surface area (Å²) in [5, 5.41) is 0. The molecule has 0 aromatic heterocycles. The van der Waals surface area contributed by atoms with Crippen molar-refractivity contribution in [3.63, 3.8) is 0 Å². The van der Waals surface area contributed by atoms with E-state index >= 15 is 0 Å². The van der Waals surface area contributed by atoms with Gasteiger partial charge in [-0.05, 0) is 88.6 Å². The van der Waals surface area contributed by atoms with Crippen LogP contribution in [0.4, 0.5) is 0 Å². The highest BCUT2D eigenvalue weighted by atomic mass is 16.5. The third-order valence-electron chi connectivity index (χ3n) is 13.9. The lowest BCUT2D eigenvalue weighted by molar-refractivity contribution is -0.150. The molecule has 7 heteroatoms. The number of esters is 1. The summed E-state index contributed by atoms with van der Waals surface area (Å²) in [6, 6.07) is 8.53. The molecule has 372 valence electrons. The quantitative estimate of drug-likeness (QED) is 0.0477. The molecule has 0 aliphatic carbocycles. The molecule has 0 spiro atoms. The Morgan fingerprint density at radius 2 is 0.906 bits per heavy atom. The number of ketones is 1. The summed E-state index contributed by atoms with van der Waals surface area (Å²) < 4.78 is 11.5. The van der Waals surface area contributed by atoms with Crippen molar-refractivity contribution in [2.75, 3.05) is 59.5 Å². The molecule has 0 unspecified atom stereocenters. The average molecular weight is 896 g/mol. The standard InChI is InChI=1S/C57H105N3O4/c1-5-8-11-14-17-18-21-28-35-54(61)36-29-22-19-26-33-44-58(46-47-59-48-50-60(51-49-59)52-53-40-42-55(63-4)43-41-53)45-34-27-20-25-32-39-57(62)64-56(37-30-23-15-12-9-6-2)38-31-24-16-13-10-7-3/h40-43,56H,5-39,44-52H2,1-4H3. The predicted molar refractivity (Wildman–Crippen MR) is 275 cm³/mol. The van der Waals surface area contributed by atoms with Gasteiger partial charge in [0.25, 0.3) is 0 Å². The smallest absolute Gasteiger partial charge is 0.306 e. The van der Waals surface area contributed by atoms with Gasteiger partial charge in [0.15, 0.2) is 0 Å². The van der Waals surface area contributed by atoms with E-state index in [0.717, 1.165) is 103 Å². The van der Waals surface area contributed by atoms with Gasteiger partial charge < -0.3 is 14.4 Å². The summed E-state index contributed by atoms with van der Waals surface area (Å²) in [5.74, 6) is 1.46. The first-order valence-electron chi connectivity index (χ1n) is 28.0. The number of Topliss-reactive ketones (excluding diaryl/α,β-unsaturated/α-hetero) is 1. The Hall–Kier alpha value is -1.96. The molecule has 0 radical (unpaired) electrons.